The smallest absolute Gasteiger partial charge is 0.205 e. The predicted octanol–water partition coefficient (Wildman–Crippen LogP) is 2.46. The van der Waals surface area contributed by atoms with E-state index < -0.39 is 0 Å². The summed E-state index contributed by atoms with van der Waals surface area (Å²) in [4.78, 5) is 5.55. The van der Waals surface area contributed by atoms with E-state index in [4.69, 9.17) is 11.6 Å². The molecule has 0 N–H and O–H groups in total. The molecule has 0 bridgehead atoms. The fraction of sp³-hybridized carbons (Fsp3) is 0.0769. The first kappa shape index (κ1) is 11.8. The van der Waals surface area contributed by atoms with Crippen molar-refractivity contribution in [1.29, 1.82) is 0 Å². The van der Waals surface area contributed by atoms with Crippen LogP contribution in [0.1, 0.15) is 5.56 Å². The zero-order valence-electron chi connectivity index (χ0n) is 9.94. The Hall–Kier alpha value is -2.27. The van der Waals surface area contributed by atoms with E-state index >= 15 is 0 Å². The second kappa shape index (κ2) is 5.16. The summed E-state index contributed by atoms with van der Waals surface area (Å²) in [6, 6.07) is 11.6. The third-order valence-corrected chi connectivity index (χ3v) is 2.92. The molecule has 0 fully saturated rings. The van der Waals surface area contributed by atoms with Gasteiger partial charge in [0.05, 0.1) is 6.20 Å². The first-order valence-corrected chi connectivity index (χ1v) is 6.26. The van der Waals surface area contributed by atoms with Gasteiger partial charge in [-0.25, -0.2) is 0 Å². The standard InChI is InChI=1S/C13H10ClN5/c14-7-10-6-12(9-15-8-10)19-17-13(16-18-19)11-4-2-1-3-5-11/h1-6,8-9H,7H2. The van der Waals surface area contributed by atoms with Crippen molar-refractivity contribution in [3.63, 3.8) is 0 Å². The van der Waals surface area contributed by atoms with E-state index in [9.17, 15) is 0 Å². The van der Waals surface area contributed by atoms with Crippen LogP contribution in [0.3, 0.4) is 0 Å². The Kier molecular flexibility index (Phi) is 3.20. The highest BCUT2D eigenvalue weighted by atomic mass is 35.5. The van der Waals surface area contributed by atoms with Crippen molar-refractivity contribution in [1.82, 2.24) is 25.2 Å². The maximum absolute atomic E-state index is 5.78. The summed E-state index contributed by atoms with van der Waals surface area (Å²) in [7, 11) is 0. The molecule has 3 rings (SSSR count). The van der Waals surface area contributed by atoms with Crippen molar-refractivity contribution in [2.75, 3.05) is 0 Å². The molecular weight excluding hydrogens is 262 g/mol. The maximum Gasteiger partial charge on any atom is 0.205 e. The van der Waals surface area contributed by atoms with Gasteiger partial charge >= 0.3 is 0 Å². The van der Waals surface area contributed by atoms with Crippen LogP contribution in [0.2, 0.25) is 0 Å². The van der Waals surface area contributed by atoms with Gasteiger partial charge in [0.1, 0.15) is 5.69 Å². The largest absolute Gasteiger partial charge is 0.262 e. The molecule has 5 nitrogen and oxygen atoms in total. The van der Waals surface area contributed by atoms with E-state index in [0.29, 0.717) is 11.7 Å². The van der Waals surface area contributed by atoms with E-state index in [-0.39, 0.29) is 0 Å². The van der Waals surface area contributed by atoms with Gasteiger partial charge < -0.3 is 0 Å². The molecule has 0 atom stereocenters. The Morgan fingerprint density at radius 2 is 1.95 bits per heavy atom. The number of pyridine rings is 1. The van der Waals surface area contributed by atoms with Crippen LogP contribution >= 0.6 is 11.6 Å². The number of alkyl halides is 1. The Morgan fingerprint density at radius 1 is 1.11 bits per heavy atom. The SMILES string of the molecule is ClCc1cncc(-n2nnc(-c3ccccc3)n2)c1. The van der Waals surface area contributed by atoms with Crippen molar-refractivity contribution < 1.29 is 0 Å². The summed E-state index contributed by atoms with van der Waals surface area (Å²) in [6.07, 6.45) is 3.39. The lowest BCUT2D eigenvalue weighted by Crippen LogP contribution is -2.00. The van der Waals surface area contributed by atoms with Gasteiger partial charge in [0.15, 0.2) is 0 Å². The van der Waals surface area contributed by atoms with Crippen molar-refractivity contribution in [2.24, 2.45) is 0 Å². The average Bonchev–Trinajstić information content (AvgIpc) is 2.98. The predicted molar refractivity (Wildman–Crippen MR) is 71.9 cm³/mol. The molecule has 2 aromatic heterocycles. The van der Waals surface area contributed by atoms with E-state index in [0.717, 1.165) is 16.8 Å². The highest BCUT2D eigenvalue weighted by molar-refractivity contribution is 6.17. The van der Waals surface area contributed by atoms with Gasteiger partial charge in [0, 0.05) is 17.6 Å². The number of hydrogen-bond donors (Lipinski definition) is 0. The number of halogens is 1. The fourth-order valence-corrected chi connectivity index (χ4v) is 1.83. The Morgan fingerprint density at radius 3 is 2.74 bits per heavy atom. The number of tetrazole rings is 1. The molecule has 2 heterocycles. The van der Waals surface area contributed by atoms with Gasteiger partial charge in [0.25, 0.3) is 0 Å². The number of rotatable bonds is 3. The van der Waals surface area contributed by atoms with E-state index in [1.807, 2.05) is 36.4 Å². The second-order valence-electron chi connectivity index (χ2n) is 3.95. The molecule has 0 spiro atoms. The van der Waals surface area contributed by atoms with Crippen LogP contribution < -0.4 is 0 Å². The van der Waals surface area contributed by atoms with Crippen LogP contribution in [0.25, 0.3) is 17.1 Å². The molecule has 0 radical (unpaired) electrons. The van der Waals surface area contributed by atoms with Gasteiger partial charge in [-0.15, -0.1) is 26.6 Å². The number of aromatic nitrogens is 5. The first-order chi connectivity index (χ1) is 9.36. The summed E-state index contributed by atoms with van der Waals surface area (Å²) in [6.45, 7) is 0. The lowest BCUT2D eigenvalue weighted by atomic mass is 10.2. The molecular formula is C13H10ClN5. The Bertz CT molecular complexity index is 680. The molecule has 0 aliphatic carbocycles. The summed E-state index contributed by atoms with van der Waals surface area (Å²) >= 11 is 5.78. The van der Waals surface area contributed by atoms with Crippen LogP contribution in [-0.4, -0.2) is 25.2 Å². The Balaban J connectivity index is 1.97. The van der Waals surface area contributed by atoms with Crippen LogP contribution in [0, 0.1) is 0 Å². The molecule has 3 aromatic rings. The topological polar surface area (TPSA) is 56.5 Å². The quantitative estimate of drug-likeness (QED) is 0.687. The minimum atomic E-state index is 0.404. The van der Waals surface area contributed by atoms with Gasteiger partial charge in [-0.05, 0) is 16.8 Å². The van der Waals surface area contributed by atoms with Crippen LogP contribution in [0.5, 0.6) is 0 Å². The summed E-state index contributed by atoms with van der Waals surface area (Å²) in [5.74, 6) is 0.984. The molecule has 0 amide bonds. The molecule has 94 valence electrons. The third-order valence-electron chi connectivity index (χ3n) is 2.61. The molecule has 19 heavy (non-hydrogen) atoms. The highest BCUT2D eigenvalue weighted by Crippen LogP contribution is 2.14. The van der Waals surface area contributed by atoms with E-state index in [1.165, 1.54) is 4.80 Å². The van der Waals surface area contributed by atoms with Crippen LogP contribution in [-0.2, 0) is 5.88 Å². The van der Waals surface area contributed by atoms with Crippen molar-refractivity contribution >= 4 is 11.6 Å². The van der Waals surface area contributed by atoms with Crippen molar-refractivity contribution in [3.05, 3.63) is 54.4 Å². The van der Waals surface area contributed by atoms with Gasteiger partial charge in [-0.1, -0.05) is 30.3 Å². The van der Waals surface area contributed by atoms with Crippen molar-refractivity contribution in [2.45, 2.75) is 5.88 Å². The first-order valence-electron chi connectivity index (χ1n) is 5.72. The monoisotopic (exact) mass is 271 g/mol. The zero-order chi connectivity index (χ0) is 13.1. The number of nitrogens with zero attached hydrogens (tertiary/aromatic N) is 5. The summed E-state index contributed by atoms with van der Waals surface area (Å²) in [5, 5.41) is 12.4. The molecule has 0 aliphatic heterocycles. The lowest BCUT2D eigenvalue weighted by molar-refractivity contribution is 0.716. The third kappa shape index (κ3) is 2.46. The lowest BCUT2D eigenvalue weighted by Gasteiger charge is -1.99. The highest BCUT2D eigenvalue weighted by Gasteiger charge is 2.07. The van der Waals surface area contributed by atoms with Crippen molar-refractivity contribution in [3.8, 4) is 17.1 Å². The fourth-order valence-electron chi connectivity index (χ4n) is 1.68. The molecule has 6 heteroatoms. The summed E-state index contributed by atoms with van der Waals surface area (Å²) in [5.41, 5.74) is 2.58. The van der Waals surface area contributed by atoms with Crippen LogP contribution in [0.15, 0.2) is 48.8 Å². The molecule has 1 aromatic carbocycles. The normalized spacial score (nSPS) is 10.6. The number of hydrogen-bond acceptors (Lipinski definition) is 4. The average molecular weight is 272 g/mol. The summed E-state index contributed by atoms with van der Waals surface area (Å²) < 4.78 is 0. The zero-order valence-corrected chi connectivity index (χ0v) is 10.7. The van der Waals surface area contributed by atoms with E-state index in [1.54, 1.807) is 12.4 Å². The minimum Gasteiger partial charge on any atom is -0.262 e. The minimum absolute atomic E-state index is 0.404. The van der Waals surface area contributed by atoms with Gasteiger partial charge in [0.2, 0.25) is 5.82 Å². The maximum atomic E-state index is 5.78. The second-order valence-corrected chi connectivity index (χ2v) is 4.22. The molecule has 0 saturated carbocycles. The van der Waals surface area contributed by atoms with Gasteiger partial charge in [-0.2, -0.15) is 0 Å². The molecule has 0 aliphatic rings. The van der Waals surface area contributed by atoms with Crippen LogP contribution in [0.4, 0.5) is 0 Å². The number of benzene rings is 1. The molecule has 0 saturated heterocycles. The Labute approximate surface area is 114 Å². The van der Waals surface area contributed by atoms with E-state index in [2.05, 4.69) is 20.4 Å². The van der Waals surface area contributed by atoms with Gasteiger partial charge in [-0.3, -0.25) is 4.98 Å². The molecule has 0 unspecified atom stereocenters.